The van der Waals surface area contributed by atoms with Crippen molar-refractivity contribution < 1.29 is 4.79 Å². The van der Waals surface area contributed by atoms with Crippen LogP contribution < -0.4 is 16.2 Å². The normalized spacial score (nSPS) is 28.1. The number of rotatable bonds is 5. The first-order valence-corrected chi connectivity index (χ1v) is 8.17. The van der Waals surface area contributed by atoms with Crippen LogP contribution in [-0.4, -0.2) is 24.5 Å². The summed E-state index contributed by atoms with van der Waals surface area (Å²) in [4.78, 5) is 12.3. The summed E-state index contributed by atoms with van der Waals surface area (Å²) in [5.41, 5.74) is 7.82. The first-order chi connectivity index (χ1) is 10.3. The standard InChI is InChI=1S/C17H25N3O/c21-17(16-14-10-4-5-11-15(14)19-20-16)18-12-6-9-13-7-2-1-3-8-13/h1-3,7-8,14-16,19-20H,4-6,9-12H2,(H,18,21). The molecule has 0 spiro atoms. The summed E-state index contributed by atoms with van der Waals surface area (Å²) in [5.74, 6) is 0.623. The average Bonchev–Trinajstić information content (AvgIpc) is 2.96. The smallest absolute Gasteiger partial charge is 0.238 e. The SMILES string of the molecule is O=C(NCCCc1ccccc1)C1NNC2CCCCC21. The van der Waals surface area contributed by atoms with Crippen molar-refractivity contribution in [2.45, 2.75) is 50.6 Å². The van der Waals surface area contributed by atoms with Crippen molar-refractivity contribution in [1.29, 1.82) is 0 Å². The van der Waals surface area contributed by atoms with Crippen LogP contribution in [0.25, 0.3) is 0 Å². The predicted octanol–water partition coefficient (Wildman–Crippen LogP) is 1.77. The van der Waals surface area contributed by atoms with E-state index in [0.29, 0.717) is 12.0 Å². The van der Waals surface area contributed by atoms with Gasteiger partial charge in [-0.3, -0.25) is 10.2 Å². The van der Waals surface area contributed by atoms with Crippen molar-refractivity contribution in [2.75, 3.05) is 6.54 Å². The zero-order valence-corrected chi connectivity index (χ0v) is 12.5. The van der Waals surface area contributed by atoms with E-state index in [-0.39, 0.29) is 11.9 Å². The number of aryl methyl sites for hydroxylation is 1. The number of hydrazine groups is 1. The molecule has 3 unspecified atom stereocenters. The Kier molecular flexibility index (Phi) is 4.88. The summed E-state index contributed by atoms with van der Waals surface area (Å²) in [6.07, 6.45) is 6.89. The Morgan fingerprint density at radius 3 is 2.81 bits per heavy atom. The van der Waals surface area contributed by atoms with Gasteiger partial charge in [-0.15, -0.1) is 0 Å². The highest BCUT2D eigenvalue weighted by molar-refractivity contribution is 5.82. The molecule has 1 aromatic carbocycles. The lowest BCUT2D eigenvalue weighted by atomic mass is 9.81. The third-order valence-electron chi connectivity index (χ3n) is 4.74. The van der Waals surface area contributed by atoms with Crippen LogP contribution in [-0.2, 0) is 11.2 Å². The number of hydrogen-bond acceptors (Lipinski definition) is 3. The number of fused-ring (bicyclic) bond motifs is 1. The van der Waals surface area contributed by atoms with Gasteiger partial charge in [-0.2, -0.15) is 0 Å². The number of carbonyl (C=O) groups is 1. The molecule has 0 bridgehead atoms. The molecule has 0 radical (unpaired) electrons. The van der Waals surface area contributed by atoms with Crippen LogP contribution in [0.5, 0.6) is 0 Å². The zero-order valence-electron chi connectivity index (χ0n) is 12.5. The second-order valence-corrected chi connectivity index (χ2v) is 6.20. The molecule has 0 aromatic heterocycles. The lowest BCUT2D eigenvalue weighted by molar-refractivity contribution is -0.123. The van der Waals surface area contributed by atoms with Gasteiger partial charge in [0, 0.05) is 18.5 Å². The van der Waals surface area contributed by atoms with Crippen molar-refractivity contribution in [2.24, 2.45) is 5.92 Å². The zero-order chi connectivity index (χ0) is 14.5. The van der Waals surface area contributed by atoms with Crippen LogP contribution in [0.2, 0.25) is 0 Å². The molecule has 1 aliphatic carbocycles. The molecule has 4 heteroatoms. The van der Waals surface area contributed by atoms with Gasteiger partial charge in [0.25, 0.3) is 0 Å². The lowest BCUT2D eigenvalue weighted by Gasteiger charge is -2.26. The third kappa shape index (κ3) is 3.63. The molecule has 1 aromatic rings. The molecule has 3 atom stereocenters. The number of carbonyl (C=O) groups excluding carboxylic acids is 1. The molecular formula is C17H25N3O. The first kappa shape index (κ1) is 14.5. The van der Waals surface area contributed by atoms with E-state index in [9.17, 15) is 4.79 Å². The van der Waals surface area contributed by atoms with E-state index >= 15 is 0 Å². The van der Waals surface area contributed by atoms with Gasteiger partial charge in [0.2, 0.25) is 5.91 Å². The van der Waals surface area contributed by atoms with Crippen molar-refractivity contribution in [3.8, 4) is 0 Å². The molecule has 1 saturated heterocycles. The van der Waals surface area contributed by atoms with Gasteiger partial charge in [0.05, 0.1) is 0 Å². The highest BCUT2D eigenvalue weighted by atomic mass is 16.2. The Morgan fingerprint density at radius 2 is 1.95 bits per heavy atom. The van der Waals surface area contributed by atoms with Crippen molar-refractivity contribution >= 4 is 5.91 Å². The highest BCUT2D eigenvalue weighted by Gasteiger charge is 2.40. The van der Waals surface area contributed by atoms with Gasteiger partial charge in [-0.25, -0.2) is 5.43 Å². The minimum Gasteiger partial charge on any atom is -0.355 e. The van der Waals surface area contributed by atoms with Gasteiger partial charge in [0.15, 0.2) is 0 Å². The maximum atomic E-state index is 12.3. The van der Waals surface area contributed by atoms with Crippen molar-refractivity contribution in [3.63, 3.8) is 0 Å². The van der Waals surface area contributed by atoms with Crippen molar-refractivity contribution in [3.05, 3.63) is 35.9 Å². The summed E-state index contributed by atoms with van der Waals surface area (Å²) in [5, 5.41) is 3.09. The van der Waals surface area contributed by atoms with E-state index in [0.717, 1.165) is 25.8 Å². The van der Waals surface area contributed by atoms with Crippen LogP contribution in [0.1, 0.15) is 37.7 Å². The maximum Gasteiger partial charge on any atom is 0.238 e. The molecule has 114 valence electrons. The molecule has 1 saturated carbocycles. The topological polar surface area (TPSA) is 53.2 Å². The number of amides is 1. The quantitative estimate of drug-likeness (QED) is 0.724. The first-order valence-electron chi connectivity index (χ1n) is 8.17. The summed E-state index contributed by atoms with van der Waals surface area (Å²) in [7, 11) is 0. The summed E-state index contributed by atoms with van der Waals surface area (Å²) in [6.45, 7) is 0.753. The van der Waals surface area contributed by atoms with Gasteiger partial charge < -0.3 is 5.32 Å². The van der Waals surface area contributed by atoms with Crippen LogP contribution >= 0.6 is 0 Å². The van der Waals surface area contributed by atoms with E-state index in [2.05, 4.69) is 40.4 Å². The third-order valence-corrected chi connectivity index (χ3v) is 4.74. The summed E-state index contributed by atoms with van der Waals surface area (Å²) < 4.78 is 0. The fraction of sp³-hybridized carbons (Fsp3) is 0.588. The largest absolute Gasteiger partial charge is 0.355 e. The monoisotopic (exact) mass is 287 g/mol. The van der Waals surface area contributed by atoms with Gasteiger partial charge in [0.1, 0.15) is 6.04 Å². The fourth-order valence-electron chi connectivity index (χ4n) is 3.56. The van der Waals surface area contributed by atoms with Gasteiger partial charge in [-0.05, 0) is 31.2 Å². The second-order valence-electron chi connectivity index (χ2n) is 6.20. The Bertz CT molecular complexity index is 462. The molecule has 21 heavy (non-hydrogen) atoms. The molecular weight excluding hydrogens is 262 g/mol. The Balaban J connectivity index is 1.40. The number of nitrogens with one attached hydrogen (secondary N) is 3. The molecule has 3 rings (SSSR count). The number of hydrogen-bond donors (Lipinski definition) is 3. The minimum atomic E-state index is -0.0491. The average molecular weight is 287 g/mol. The molecule has 1 heterocycles. The Morgan fingerprint density at radius 1 is 1.14 bits per heavy atom. The van der Waals surface area contributed by atoms with Gasteiger partial charge >= 0.3 is 0 Å². The number of benzene rings is 1. The minimum absolute atomic E-state index is 0.0491. The van der Waals surface area contributed by atoms with E-state index in [4.69, 9.17) is 0 Å². The predicted molar refractivity (Wildman–Crippen MR) is 83.6 cm³/mol. The highest BCUT2D eigenvalue weighted by Crippen LogP contribution is 2.30. The van der Waals surface area contributed by atoms with E-state index in [1.807, 2.05) is 6.07 Å². The molecule has 3 N–H and O–H groups in total. The second kappa shape index (κ2) is 7.05. The summed E-state index contributed by atoms with van der Waals surface area (Å²) in [6, 6.07) is 10.9. The molecule has 2 aliphatic rings. The van der Waals surface area contributed by atoms with Crippen LogP contribution in [0.15, 0.2) is 30.3 Å². The van der Waals surface area contributed by atoms with Gasteiger partial charge in [-0.1, -0.05) is 43.2 Å². The Labute approximate surface area is 126 Å². The van der Waals surface area contributed by atoms with Crippen LogP contribution in [0.3, 0.4) is 0 Å². The van der Waals surface area contributed by atoms with E-state index in [1.165, 1.54) is 24.8 Å². The van der Waals surface area contributed by atoms with Crippen molar-refractivity contribution in [1.82, 2.24) is 16.2 Å². The summed E-state index contributed by atoms with van der Waals surface area (Å²) >= 11 is 0. The molecule has 4 nitrogen and oxygen atoms in total. The van der Waals surface area contributed by atoms with E-state index in [1.54, 1.807) is 0 Å². The molecule has 1 amide bonds. The van der Waals surface area contributed by atoms with Crippen LogP contribution in [0, 0.1) is 5.92 Å². The molecule has 2 fully saturated rings. The van der Waals surface area contributed by atoms with E-state index < -0.39 is 0 Å². The fourth-order valence-corrected chi connectivity index (χ4v) is 3.56. The maximum absolute atomic E-state index is 12.3. The Hall–Kier alpha value is -1.39. The molecule has 1 aliphatic heterocycles. The van der Waals surface area contributed by atoms with Crippen LogP contribution in [0.4, 0.5) is 0 Å². The lowest BCUT2D eigenvalue weighted by Crippen LogP contribution is -2.46.